The maximum absolute atomic E-state index is 12.4. The van der Waals surface area contributed by atoms with Crippen LogP contribution in [0.3, 0.4) is 0 Å². The number of unbranched alkanes of at least 4 members (excludes halogenated alkanes) is 5. The van der Waals surface area contributed by atoms with E-state index in [4.69, 9.17) is 9.47 Å². The van der Waals surface area contributed by atoms with Crippen molar-refractivity contribution in [2.24, 2.45) is 0 Å². The topological polar surface area (TPSA) is 38.8 Å². The smallest absolute Gasteiger partial charge is 0.194 e. The lowest BCUT2D eigenvalue weighted by Crippen LogP contribution is -2.07. The minimum absolute atomic E-state index is 0.0546. The first-order chi connectivity index (χ1) is 12.8. The van der Waals surface area contributed by atoms with E-state index in [1.54, 1.807) is 0 Å². The van der Waals surface area contributed by atoms with Crippen molar-refractivity contribution >= 4 is 5.78 Å². The van der Waals surface area contributed by atoms with E-state index in [0.717, 1.165) is 24.3 Å². The van der Waals surface area contributed by atoms with E-state index in [-0.39, 0.29) is 18.0 Å². The molecule has 1 fully saturated rings. The van der Waals surface area contributed by atoms with Crippen LogP contribution < -0.4 is 4.74 Å². The molecule has 2 unspecified atom stereocenters. The van der Waals surface area contributed by atoms with E-state index >= 15 is 0 Å². The second kappa shape index (κ2) is 9.54. The van der Waals surface area contributed by atoms with Crippen LogP contribution in [0.2, 0.25) is 0 Å². The molecule has 0 bridgehead atoms. The van der Waals surface area contributed by atoms with Crippen LogP contribution in [0.15, 0.2) is 54.6 Å². The second-order valence-electron chi connectivity index (χ2n) is 6.89. The summed E-state index contributed by atoms with van der Waals surface area (Å²) in [6, 6.07) is 17.3. The standard InChI is InChI=1S/C23H28O3/c1-2-3-4-5-6-10-17-25-20-15-13-19(14-16-20)22-23(26-22)21(24)18-11-8-7-9-12-18/h7-9,11-16,22-23H,2-6,10,17H2,1H3. The highest BCUT2D eigenvalue weighted by Crippen LogP contribution is 2.41. The van der Waals surface area contributed by atoms with E-state index in [2.05, 4.69) is 6.92 Å². The van der Waals surface area contributed by atoms with Gasteiger partial charge in [-0.1, -0.05) is 81.5 Å². The zero-order valence-electron chi connectivity index (χ0n) is 15.5. The van der Waals surface area contributed by atoms with Crippen LogP contribution in [0, 0.1) is 0 Å². The van der Waals surface area contributed by atoms with Gasteiger partial charge in [-0.15, -0.1) is 0 Å². The molecule has 1 aliphatic rings. The van der Waals surface area contributed by atoms with Crippen LogP contribution in [-0.2, 0) is 4.74 Å². The summed E-state index contributed by atoms with van der Waals surface area (Å²) >= 11 is 0. The van der Waals surface area contributed by atoms with Gasteiger partial charge in [0.1, 0.15) is 11.9 Å². The molecule has 3 rings (SSSR count). The third-order valence-corrected chi connectivity index (χ3v) is 4.78. The fourth-order valence-electron chi connectivity index (χ4n) is 3.16. The summed E-state index contributed by atoms with van der Waals surface area (Å²) in [5.41, 5.74) is 1.74. The first-order valence-corrected chi connectivity index (χ1v) is 9.77. The van der Waals surface area contributed by atoms with Gasteiger partial charge in [0.2, 0.25) is 0 Å². The number of hydrogen-bond donors (Lipinski definition) is 0. The lowest BCUT2D eigenvalue weighted by atomic mass is 10.0. The molecule has 0 N–H and O–H groups in total. The second-order valence-corrected chi connectivity index (χ2v) is 6.89. The Labute approximate surface area is 156 Å². The fraction of sp³-hybridized carbons (Fsp3) is 0.435. The first kappa shape index (κ1) is 18.7. The van der Waals surface area contributed by atoms with Gasteiger partial charge < -0.3 is 9.47 Å². The largest absolute Gasteiger partial charge is 0.494 e. The van der Waals surface area contributed by atoms with Crippen LogP contribution in [0.5, 0.6) is 5.75 Å². The van der Waals surface area contributed by atoms with Crippen molar-refractivity contribution in [3.8, 4) is 5.75 Å². The van der Waals surface area contributed by atoms with Gasteiger partial charge in [0, 0.05) is 5.56 Å². The Bertz CT molecular complexity index is 678. The van der Waals surface area contributed by atoms with Crippen LogP contribution in [0.4, 0.5) is 0 Å². The summed E-state index contributed by atoms with van der Waals surface area (Å²) in [7, 11) is 0. The molecular formula is C23H28O3. The molecule has 0 aliphatic carbocycles. The molecule has 1 heterocycles. The monoisotopic (exact) mass is 352 g/mol. The molecular weight excluding hydrogens is 324 g/mol. The van der Waals surface area contributed by atoms with Gasteiger partial charge in [-0.25, -0.2) is 0 Å². The van der Waals surface area contributed by atoms with E-state index in [1.165, 1.54) is 32.1 Å². The summed E-state index contributed by atoms with van der Waals surface area (Å²) in [4.78, 5) is 12.4. The normalized spacial score (nSPS) is 18.5. The van der Waals surface area contributed by atoms with Crippen LogP contribution in [0.25, 0.3) is 0 Å². The van der Waals surface area contributed by atoms with Gasteiger partial charge in [0.05, 0.1) is 6.61 Å². The molecule has 0 saturated carbocycles. The maximum atomic E-state index is 12.4. The minimum atomic E-state index is -0.354. The molecule has 0 spiro atoms. The number of rotatable bonds is 11. The minimum Gasteiger partial charge on any atom is -0.494 e. The molecule has 0 amide bonds. The summed E-state index contributed by atoms with van der Waals surface area (Å²) in [6.07, 6.45) is 7.09. The van der Waals surface area contributed by atoms with E-state index < -0.39 is 0 Å². The Balaban J connectivity index is 1.41. The Kier molecular flexibility index (Phi) is 6.84. The van der Waals surface area contributed by atoms with Crippen molar-refractivity contribution in [3.05, 3.63) is 65.7 Å². The Morgan fingerprint density at radius 1 is 0.923 bits per heavy atom. The lowest BCUT2D eigenvalue weighted by Gasteiger charge is -2.06. The van der Waals surface area contributed by atoms with Crippen LogP contribution >= 0.6 is 0 Å². The van der Waals surface area contributed by atoms with Crippen molar-refractivity contribution in [1.29, 1.82) is 0 Å². The number of ketones is 1. The van der Waals surface area contributed by atoms with E-state index in [0.29, 0.717) is 5.56 Å². The summed E-state index contributed by atoms with van der Waals surface area (Å²) < 4.78 is 11.4. The summed E-state index contributed by atoms with van der Waals surface area (Å²) in [5.74, 6) is 0.938. The SMILES string of the molecule is CCCCCCCCOc1ccc(C2OC2C(=O)c2ccccc2)cc1. The number of epoxide rings is 1. The molecule has 26 heavy (non-hydrogen) atoms. The number of carbonyl (C=O) groups is 1. The van der Waals surface area contributed by atoms with E-state index in [1.807, 2.05) is 54.6 Å². The quantitative estimate of drug-likeness (QED) is 0.294. The average molecular weight is 352 g/mol. The number of benzene rings is 2. The van der Waals surface area contributed by atoms with Gasteiger partial charge in [0.25, 0.3) is 0 Å². The molecule has 3 heteroatoms. The van der Waals surface area contributed by atoms with Gasteiger partial charge in [-0.3, -0.25) is 4.79 Å². The van der Waals surface area contributed by atoms with Crippen molar-refractivity contribution in [2.75, 3.05) is 6.61 Å². The van der Waals surface area contributed by atoms with Crippen LogP contribution in [0.1, 0.15) is 67.5 Å². The number of Topliss-reactive ketones (excluding diaryl/α,β-unsaturated/α-hetero) is 1. The van der Waals surface area contributed by atoms with Crippen molar-refractivity contribution in [2.45, 2.75) is 57.7 Å². The van der Waals surface area contributed by atoms with E-state index in [9.17, 15) is 4.79 Å². The summed E-state index contributed by atoms with van der Waals surface area (Å²) in [5, 5.41) is 0. The lowest BCUT2D eigenvalue weighted by molar-refractivity contribution is 0.0953. The molecule has 2 atom stereocenters. The third-order valence-electron chi connectivity index (χ3n) is 4.78. The first-order valence-electron chi connectivity index (χ1n) is 9.77. The Morgan fingerprint density at radius 2 is 1.62 bits per heavy atom. The zero-order chi connectivity index (χ0) is 18.2. The number of hydrogen-bond acceptors (Lipinski definition) is 3. The molecule has 138 valence electrons. The molecule has 0 radical (unpaired) electrons. The Morgan fingerprint density at radius 3 is 2.35 bits per heavy atom. The van der Waals surface area contributed by atoms with Gasteiger partial charge in [0.15, 0.2) is 11.9 Å². The average Bonchev–Trinajstić information content (AvgIpc) is 3.49. The molecule has 1 saturated heterocycles. The van der Waals surface area contributed by atoms with Gasteiger partial charge in [-0.2, -0.15) is 0 Å². The predicted octanol–water partition coefficient (Wildman–Crippen LogP) is 5.75. The number of carbonyl (C=O) groups excluding carboxylic acids is 1. The Hall–Kier alpha value is -2.13. The molecule has 3 nitrogen and oxygen atoms in total. The third kappa shape index (κ3) is 5.18. The predicted molar refractivity (Wildman–Crippen MR) is 104 cm³/mol. The molecule has 1 aliphatic heterocycles. The molecule has 2 aromatic rings. The molecule has 2 aromatic carbocycles. The zero-order valence-corrected chi connectivity index (χ0v) is 15.5. The summed E-state index contributed by atoms with van der Waals surface area (Å²) in [6.45, 7) is 3.00. The highest BCUT2D eigenvalue weighted by Gasteiger charge is 2.46. The van der Waals surface area contributed by atoms with Crippen molar-refractivity contribution < 1.29 is 14.3 Å². The number of ether oxygens (including phenoxy) is 2. The maximum Gasteiger partial charge on any atom is 0.194 e. The van der Waals surface area contributed by atoms with Gasteiger partial charge in [-0.05, 0) is 24.1 Å². The van der Waals surface area contributed by atoms with Crippen LogP contribution in [-0.4, -0.2) is 18.5 Å². The van der Waals surface area contributed by atoms with Crippen molar-refractivity contribution in [1.82, 2.24) is 0 Å². The molecule has 0 aromatic heterocycles. The van der Waals surface area contributed by atoms with Gasteiger partial charge >= 0.3 is 0 Å². The highest BCUT2D eigenvalue weighted by molar-refractivity contribution is 6.01. The van der Waals surface area contributed by atoms with Crippen molar-refractivity contribution in [3.63, 3.8) is 0 Å². The fourth-order valence-corrected chi connectivity index (χ4v) is 3.16. The highest BCUT2D eigenvalue weighted by atomic mass is 16.6.